The van der Waals surface area contributed by atoms with E-state index in [-0.39, 0.29) is 22.1 Å². The third-order valence-electron chi connectivity index (χ3n) is 3.89. The number of fused-ring (bicyclic) bond motifs is 1. The average molecular weight is 388 g/mol. The van der Waals surface area contributed by atoms with Gasteiger partial charge in [0, 0.05) is 5.56 Å². The summed E-state index contributed by atoms with van der Waals surface area (Å²) in [4.78, 5) is 16.1. The van der Waals surface area contributed by atoms with Crippen molar-refractivity contribution in [1.29, 1.82) is 0 Å². The van der Waals surface area contributed by atoms with Crippen LogP contribution in [0.15, 0.2) is 34.0 Å². The highest BCUT2D eigenvalue weighted by molar-refractivity contribution is 7.94. The van der Waals surface area contributed by atoms with Crippen LogP contribution in [0, 0.1) is 0 Å². The number of amides is 1. The van der Waals surface area contributed by atoms with Gasteiger partial charge in [-0.25, -0.2) is 13.4 Å². The van der Waals surface area contributed by atoms with Crippen LogP contribution in [-0.4, -0.2) is 31.2 Å². The van der Waals surface area contributed by atoms with Crippen LogP contribution in [0.4, 0.5) is 8.78 Å². The van der Waals surface area contributed by atoms with Gasteiger partial charge in [-0.1, -0.05) is 0 Å². The van der Waals surface area contributed by atoms with Gasteiger partial charge >= 0.3 is 6.61 Å². The molecular weight excluding hydrogens is 374 g/mol. The summed E-state index contributed by atoms with van der Waals surface area (Å²) in [6.45, 7) is -1.37. The number of carbonyl (C=O) groups excluding carboxylic acids is 1. The highest BCUT2D eigenvalue weighted by Gasteiger charge is 2.38. The molecule has 2 aromatic rings. The van der Waals surface area contributed by atoms with Gasteiger partial charge < -0.3 is 10.1 Å². The lowest BCUT2D eigenvalue weighted by Crippen LogP contribution is -2.36. The Balaban J connectivity index is 1.78. The van der Waals surface area contributed by atoms with E-state index in [2.05, 4.69) is 15.0 Å². The summed E-state index contributed by atoms with van der Waals surface area (Å²) in [6, 6.07) is 3.72. The molecule has 0 aliphatic carbocycles. The lowest BCUT2D eigenvalue weighted by molar-refractivity contribution is -0.0500. The number of hydrogen-bond donors (Lipinski definition) is 1. The van der Waals surface area contributed by atoms with E-state index >= 15 is 0 Å². The molecule has 3 heterocycles. The fourth-order valence-electron chi connectivity index (χ4n) is 2.62. The van der Waals surface area contributed by atoms with Crippen LogP contribution in [0.5, 0.6) is 5.75 Å². The topological polar surface area (TPSA) is 85.4 Å². The van der Waals surface area contributed by atoms with Gasteiger partial charge in [-0.3, -0.25) is 4.79 Å². The zero-order chi connectivity index (χ0) is 18.2. The summed E-state index contributed by atoms with van der Waals surface area (Å²) in [7, 11) is -3.36. The van der Waals surface area contributed by atoms with Crippen molar-refractivity contribution >= 4 is 27.1 Å². The van der Waals surface area contributed by atoms with Gasteiger partial charge in [-0.05, 0) is 36.9 Å². The van der Waals surface area contributed by atoms with Crippen molar-refractivity contribution in [3.8, 4) is 5.75 Å². The van der Waals surface area contributed by atoms with E-state index in [1.807, 2.05) is 0 Å². The maximum absolute atomic E-state index is 12.3. The molecule has 1 aliphatic rings. The fourth-order valence-corrected chi connectivity index (χ4v) is 5.85. The number of rotatable bonds is 4. The van der Waals surface area contributed by atoms with Crippen LogP contribution in [0.25, 0.3) is 0 Å². The summed E-state index contributed by atoms with van der Waals surface area (Å²) >= 11 is 1.13. The van der Waals surface area contributed by atoms with Crippen LogP contribution in [-0.2, 0) is 9.84 Å². The van der Waals surface area contributed by atoms with Gasteiger partial charge in [-0.15, -0.1) is 11.3 Å². The van der Waals surface area contributed by atoms with E-state index in [1.54, 1.807) is 18.4 Å². The van der Waals surface area contributed by atoms with Crippen molar-refractivity contribution in [1.82, 2.24) is 10.3 Å². The van der Waals surface area contributed by atoms with E-state index in [4.69, 9.17) is 0 Å². The minimum Gasteiger partial charge on any atom is -0.433 e. The molecule has 2 aromatic heterocycles. The smallest absolute Gasteiger partial charge is 0.387 e. The van der Waals surface area contributed by atoms with Crippen LogP contribution < -0.4 is 10.1 Å². The van der Waals surface area contributed by atoms with Crippen LogP contribution in [0.2, 0.25) is 0 Å². The summed E-state index contributed by atoms with van der Waals surface area (Å²) in [5, 5.41) is 3.82. The first-order chi connectivity index (χ1) is 11.8. The number of pyridine rings is 1. The summed E-state index contributed by atoms with van der Waals surface area (Å²) in [6.07, 6.45) is 1.29. The minimum atomic E-state index is -3.36. The first-order valence-electron chi connectivity index (χ1n) is 7.32. The Morgan fingerprint density at radius 1 is 1.40 bits per heavy atom. The molecule has 134 valence electrons. The van der Waals surface area contributed by atoms with E-state index in [9.17, 15) is 22.0 Å². The molecule has 1 aliphatic heterocycles. The Kier molecular flexibility index (Phi) is 4.74. The third-order valence-corrected chi connectivity index (χ3v) is 7.60. The largest absolute Gasteiger partial charge is 0.433 e. The summed E-state index contributed by atoms with van der Waals surface area (Å²) in [5.74, 6) is -0.665. The van der Waals surface area contributed by atoms with Crippen molar-refractivity contribution in [2.24, 2.45) is 0 Å². The number of sulfone groups is 1. The second kappa shape index (κ2) is 6.68. The highest BCUT2D eigenvalue weighted by Crippen LogP contribution is 2.39. The van der Waals surface area contributed by atoms with Crippen LogP contribution in [0.3, 0.4) is 0 Å². The summed E-state index contributed by atoms with van der Waals surface area (Å²) in [5.41, 5.74) is 0.591. The average Bonchev–Trinajstić information content (AvgIpc) is 3.04. The van der Waals surface area contributed by atoms with Crippen molar-refractivity contribution in [3.63, 3.8) is 0 Å². The number of hydrogen-bond acceptors (Lipinski definition) is 6. The lowest BCUT2D eigenvalue weighted by Gasteiger charge is -2.27. The highest BCUT2D eigenvalue weighted by atomic mass is 32.2. The maximum atomic E-state index is 12.3. The van der Waals surface area contributed by atoms with Gasteiger partial charge in [0.25, 0.3) is 5.91 Å². The van der Waals surface area contributed by atoms with Crippen LogP contribution >= 0.6 is 11.3 Å². The first kappa shape index (κ1) is 17.7. The van der Waals surface area contributed by atoms with Gasteiger partial charge in [0.1, 0.15) is 15.7 Å². The lowest BCUT2D eigenvalue weighted by atomic mass is 10.0. The molecule has 3 rings (SSSR count). The van der Waals surface area contributed by atoms with Gasteiger partial charge in [0.2, 0.25) is 0 Å². The number of aromatic nitrogens is 1. The molecule has 2 atom stereocenters. The summed E-state index contributed by atoms with van der Waals surface area (Å²) < 4.78 is 53.3. The van der Waals surface area contributed by atoms with Crippen molar-refractivity contribution in [2.75, 3.05) is 0 Å². The second-order valence-electron chi connectivity index (χ2n) is 5.54. The number of carbonyl (C=O) groups is 1. The molecule has 0 radical (unpaired) electrons. The predicted molar refractivity (Wildman–Crippen MR) is 86.7 cm³/mol. The SMILES string of the molecule is C[C@H]1C[C@H](NC(=O)c2ccc(OC(F)F)cn2)c2ccsc2S1(=O)=O. The van der Waals surface area contributed by atoms with Crippen molar-refractivity contribution in [2.45, 2.75) is 35.5 Å². The molecule has 10 heteroatoms. The zero-order valence-corrected chi connectivity index (χ0v) is 14.6. The molecule has 0 saturated heterocycles. The van der Waals surface area contributed by atoms with E-state index in [1.165, 1.54) is 12.1 Å². The normalized spacial score (nSPS) is 21.6. The number of halogens is 2. The van der Waals surface area contributed by atoms with Crippen molar-refractivity contribution < 1.29 is 26.7 Å². The molecule has 1 N–H and O–H groups in total. The first-order valence-corrected chi connectivity index (χ1v) is 9.74. The molecule has 0 fully saturated rings. The fraction of sp³-hybridized carbons (Fsp3) is 0.333. The molecule has 0 aromatic carbocycles. The third kappa shape index (κ3) is 3.49. The molecule has 6 nitrogen and oxygen atoms in total. The Bertz CT molecular complexity index is 881. The number of nitrogens with zero attached hydrogens (tertiary/aromatic N) is 1. The number of thiophene rings is 1. The standard InChI is InChI=1S/C15H14F2N2O4S2/c1-8-6-12(10-4-5-24-14(10)25(8,21)22)19-13(20)11-3-2-9(7-18-11)23-15(16)17/h2-5,7-8,12,15H,6H2,1H3,(H,19,20)/t8-,12-/m0/s1. The Hall–Kier alpha value is -2.07. The Morgan fingerprint density at radius 2 is 2.16 bits per heavy atom. The number of alkyl halides is 2. The molecule has 25 heavy (non-hydrogen) atoms. The Morgan fingerprint density at radius 3 is 2.80 bits per heavy atom. The molecule has 1 amide bonds. The number of nitrogens with one attached hydrogen (secondary N) is 1. The zero-order valence-electron chi connectivity index (χ0n) is 13.0. The Labute approximate surface area is 146 Å². The van der Waals surface area contributed by atoms with E-state index in [0.717, 1.165) is 17.5 Å². The second-order valence-corrected chi connectivity index (χ2v) is 9.02. The molecule has 0 saturated carbocycles. The van der Waals surface area contributed by atoms with Crippen LogP contribution in [0.1, 0.15) is 35.4 Å². The maximum Gasteiger partial charge on any atom is 0.387 e. The van der Waals surface area contributed by atoms with Gasteiger partial charge in [-0.2, -0.15) is 8.78 Å². The monoisotopic (exact) mass is 388 g/mol. The molecule has 0 unspecified atom stereocenters. The quantitative estimate of drug-likeness (QED) is 0.871. The van der Waals surface area contributed by atoms with Gasteiger partial charge in [0.15, 0.2) is 9.84 Å². The predicted octanol–water partition coefficient (Wildman–Crippen LogP) is 2.78. The number of ether oxygens (including phenoxy) is 1. The molecule has 0 spiro atoms. The minimum absolute atomic E-state index is 0.0273. The van der Waals surface area contributed by atoms with Gasteiger partial charge in [0.05, 0.1) is 17.5 Å². The van der Waals surface area contributed by atoms with Crippen molar-refractivity contribution in [3.05, 3.63) is 41.0 Å². The molecule has 0 bridgehead atoms. The van der Waals surface area contributed by atoms with E-state index in [0.29, 0.717) is 5.56 Å². The molecular formula is C15H14F2N2O4S2. The van der Waals surface area contributed by atoms with E-state index < -0.39 is 33.6 Å².